The average molecular weight is 749 g/mol. The zero-order valence-corrected chi connectivity index (χ0v) is 33.5. The molecule has 6 heteroatoms. The molecule has 4 nitrogen and oxygen atoms in total. The molecule has 0 atom stereocenters. The third-order valence-corrected chi connectivity index (χ3v) is 8.42. The van der Waals surface area contributed by atoms with E-state index in [0.29, 0.717) is 0 Å². The van der Waals surface area contributed by atoms with Gasteiger partial charge in [0.2, 0.25) is 0 Å². The summed E-state index contributed by atoms with van der Waals surface area (Å²) in [6.45, 7) is 15.7. The number of halogens is 2. The first-order valence-electron chi connectivity index (χ1n) is 18.7. The smallest absolute Gasteiger partial charge is 0.251 e. The van der Waals surface area contributed by atoms with E-state index in [4.69, 9.17) is 0 Å². The molecule has 2 aromatic heterocycles. The molecule has 0 aliphatic carbocycles. The number of aryl methyl sites for hydroxylation is 4. The van der Waals surface area contributed by atoms with Crippen LogP contribution in [0.1, 0.15) is 193 Å². The van der Waals surface area contributed by atoms with E-state index in [2.05, 4.69) is 73.0 Å². The normalized spacial score (nSPS) is 10.2. The zero-order chi connectivity index (χ0) is 30.9. The highest BCUT2D eigenvalue weighted by Gasteiger charge is 2.04. The van der Waals surface area contributed by atoms with Crippen LogP contribution in [-0.4, -0.2) is 9.97 Å². The molecule has 2 rings (SSSR count). The standard InChI is InChI=1S/2C14H26N2.C10H22.2BrH/c2*1-3-4-5-6-7-8-9-10-12-16-13-11-15-14(16)2;1-3-5-7-9-10-8-6-4-2;;/h2*11,13H,3-10,12H2,1-2H3;3-10H2,1-2H3;2*1H. The van der Waals surface area contributed by atoms with E-state index in [1.165, 1.54) is 179 Å². The first-order chi connectivity index (χ1) is 20.6. The number of aromatic nitrogens is 4. The van der Waals surface area contributed by atoms with Gasteiger partial charge in [-0.25, -0.2) is 19.1 Å². The lowest BCUT2D eigenvalue weighted by molar-refractivity contribution is -0.702. The molecule has 0 spiro atoms. The highest BCUT2D eigenvalue weighted by Crippen LogP contribution is 2.10. The van der Waals surface area contributed by atoms with E-state index in [1.807, 2.05) is 12.4 Å². The van der Waals surface area contributed by atoms with E-state index in [-0.39, 0.29) is 34.0 Å². The van der Waals surface area contributed by atoms with Crippen LogP contribution in [0, 0.1) is 13.8 Å². The number of nitrogens with zero attached hydrogens (tertiary/aromatic N) is 2. The summed E-state index contributed by atoms with van der Waals surface area (Å²) >= 11 is 0. The van der Waals surface area contributed by atoms with Gasteiger partial charge in [-0.15, -0.1) is 0 Å². The summed E-state index contributed by atoms with van der Waals surface area (Å²) in [6.07, 6.45) is 42.1. The number of aromatic amines is 2. The van der Waals surface area contributed by atoms with Gasteiger partial charge in [0, 0.05) is 13.8 Å². The number of H-pyrrole nitrogens is 2. The van der Waals surface area contributed by atoms with Crippen molar-refractivity contribution in [1.29, 1.82) is 0 Å². The predicted octanol–water partition coefficient (Wildman–Crippen LogP) is 5.66. The van der Waals surface area contributed by atoms with Gasteiger partial charge in [-0.2, -0.15) is 0 Å². The summed E-state index contributed by atoms with van der Waals surface area (Å²) < 4.78 is 4.61. The molecule has 2 N–H and O–H groups in total. The quantitative estimate of drug-likeness (QED) is 0.0974. The summed E-state index contributed by atoms with van der Waals surface area (Å²) in [4.78, 5) is 6.41. The highest BCUT2D eigenvalue weighted by molar-refractivity contribution is 4.71. The van der Waals surface area contributed by atoms with Crippen LogP contribution in [0.25, 0.3) is 0 Å². The molecule has 0 saturated heterocycles. The largest absolute Gasteiger partial charge is 1.00 e. The fourth-order valence-corrected chi connectivity index (χ4v) is 5.41. The van der Waals surface area contributed by atoms with Gasteiger partial charge in [0.25, 0.3) is 11.6 Å². The maximum absolute atomic E-state index is 3.21. The topological polar surface area (TPSA) is 39.3 Å². The number of rotatable bonds is 25. The number of hydrogen-bond donors (Lipinski definition) is 2. The molecule has 44 heavy (non-hydrogen) atoms. The van der Waals surface area contributed by atoms with Gasteiger partial charge in [0.05, 0.1) is 13.1 Å². The molecule has 0 unspecified atom stereocenters. The van der Waals surface area contributed by atoms with Crippen molar-refractivity contribution in [2.24, 2.45) is 0 Å². The van der Waals surface area contributed by atoms with Crippen molar-refractivity contribution in [2.75, 3.05) is 0 Å². The second-order valence-corrected chi connectivity index (χ2v) is 12.5. The van der Waals surface area contributed by atoms with Crippen molar-refractivity contribution >= 4 is 0 Å². The van der Waals surface area contributed by atoms with Crippen molar-refractivity contribution < 1.29 is 43.1 Å². The molecule has 0 amide bonds. The molecule has 262 valence electrons. The zero-order valence-electron chi connectivity index (χ0n) is 30.3. The van der Waals surface area contributed by atoms with Crippen LogP contribution >= 0.6 is 0 Å². The van der Waals surface area contributed by atoms with Crippen molar-refractivity contribution in [3.63, 3.8) is 0 Å². The molecule has 2 aromatic rings. The molecular weight excluding hydrogens is 672 g/mol. The van der Waals surface area contributed by atoms with Crippen LogP contribution in [0.2, 0.25) is 0 Å². The van der Waals surface area contributed by atoms with Gasteiger partial charge in [-0.05, 0) is 25.7 Å². The Morgan fingerprint density at radius 2 is 0.614 bits per heavy atom. The maximum atomic E-state index is 3.21. The lowest BCUT2D eigenvalue weighted by Gasteiger charge is -2.01. The minimum absolute atomic E-state index is 0. The molecule has 0 aromatic carbocycles. The highest BCUT2D eigenvalue weighted by atomic mass is 79.9. The van der Waals surface area contributed by atoms with Gasteiger partial charge in [0.15, 0.2) is 0 Å². The molecule has 0 fully saturated rings. The summed E-state index contributed by atoms with van der Waals surface area (Å²) in [5, 5.41) is 0. The van der Waals surface area contributed by atoms with E-state index >= 15 is 0 Å². The number of unbranched alkanes of at least 4 members (excludes halogenated alkanes) is 21. The van der Waals surface area contributed by atoms with E-state index < -0.39 is 0 Å². The van der Waals surface area contributed by atoms with Crippen LogP contribution in [-0.2, 0) is 13.1 Å². The van der Waals surface area contributed by atoms with Gasteiger partial charge in [-0.1, -0.05) is 156 Å². The van der Waals surface area contributed by atoms with Gasteiger partial charge < -0.3 is 34.0 Å². The van der Waals surface area contributed by atoms with Crippen molar-refractivity contribution in [1.82, 2.24) is 9.97 Å². The van der Waals surface area contributed by atoms with E-state index in [9.17, 15) is 0 Å². The minimum Gasteiger partial charge on any atom is -1.00 e. The Morgan fingerprint density at radius 1 is 0.386 bits per heavy atom. The lowest BCUT2D eigenvalue weighted by Crippen LogP contribution is -3.00. The Kier molecular flexibility index (Phi) is 41.9. The van der Waals surface area contributed by atoms with Crippen LogP contribution < -0.4 is 43.1 Å². The lowest BCUT2D eigenvalue weighted by atomic mass is 10.1. The molecule has 0 bridgehead atoms. The summed E-state index contributed by atoms with van der Waals surface area (Å²) in [7, 11) is 0. The fraction of sp³-hybridized carbons (Fsp3) is 0.842. The Hall–Kier alpha value is -0.620. The SMILES string of the molecule is CCCCCCCCCC.CCCCCCCCCC[n+]1cc[nH]c1C.CCCCCCCCCC[n+]1cc[nH]c1C.[Br-].[Br-]. The Balaban J connectivity index is -0.000000577. The summed E-state index contributed by atoms with van der Waals surface area (Å²) in [5.41, 5.74) is 0. The third-order valence-electron chi connectivity index (χ3n) is 8.42. The van der Waals surface area contributed by atoms with Crippen molar-refractivity contribution in [3.8, 4) is 0 Å². The Morgan fingerprint density at radius 3 is 0.818 bits per heavy atom. The Labute approximate surface area is 296 Å². The number of nitrogens with one attached hydrogen (secondary N) is 2. The molecule has 2 heterocycles. The second kappa shape index (κ2) is 38.6. The van der Waals surface area contributed by atoms with Crippen molar-refractivity contribution in [3.05, 3.63) is 36.4 Å². The number of hydrogen-bond acceptors (Lipinski definition) is 0. The van der Waals surface area contributed by atoms with Gasteiger partial charge >= 0.3 is 0 Å². The summed E-state index contributed by atoms with van der Waals surface area (Å²) in [5.74, 6) is 2.53. The first-order valence-corrected chi connectivity index (χ1v) is 18.7. The van der Waals surface area contributed by atoms with Crippen LogP contribution in [0.4, 0.5) is 0 Å². The Bertz CT molecular complexity index is 710. The fourth-order valence-electron chi connectivity index (χ4n) is 5.41. The van der Waals surface area contributed by atoms with E-state index in [1.54, 1.807) is 0 Å². The van der Waals surface area contributed by atoms with Gasteiger partial charge in [-0.3, -0.25) is 0 Å². The molecule has 0 aliphatic heterocycles. The first kappa shape index (κ1) is 47.8. The monoisotopic (exact) mass is 746 g/mol. The van der Waals surface area contributed by atoms with Crippen LogP contribution in [0.5, 0.6) is 0 Å². The van der Waals surface area contributed by atoms with E-state index in [0.717, 1.165) is 0 Å². The number of imidazole rings is 2. The predicted molar refractivity (Wildman–Crippen MR) is 185 cm³/mol. The van der Waals surface area contributed by atoms with Gasteiger partial charge in [0.1, 0.15) is 24.8 Å². The molecule has 0 aliphatic rings. The second-order valence-electron chi connectivity index (χ2n) is 12.5. The summed E-state index contributed by atoms with van der Waals surface area (Å²) in [6, 6.07) is 0. The molecule has 0 saturated carbocycles. The molecule has 0 radical (unpaired) electrons. The third kappa shape index (κ3) is 31.4. The average Bonchev–Trinajstić information content (AvgIpc) is 3.61. The van der Waals surface area contributed by atoms with Crippen LogP contribution in [0.3, 0.4) is 0 Å². The molecular formula is C38H76Br2N4. The van der Waals surface area contributed by atoms with Crippen molar-refractivity contribution in [2.45, 2.75) is 209 Å². The minimum atomic E-state index is 0. The van der Waals surface area contributed by atoms with Crippen LogP contribution in [0.15, 0.2) is 24.8 Å². The maximum Gasteiger partial charge on any atom is 0.251 e.